The summed E-state index contributed by atoms with van der Waals surface area (Å²) < 4.78 is 5.44. The molecule has 13 heavy (non-hydrogen) atoms. The van der Waals surface area contributed by atoms with Crippen LogP contribution in [0, 0.1) is 0 Å². The topological polar surface area (TPSA) is 29.5 Å². The van der Waals surface area contributed by atoms with E-state index in [1.54, 1.807) is 11.8 Å². The highest BCUT2D eigenvalue weighted by molar-refractivity contribution is 8.00. The van der Waals surface area contributed by atoms with E-state index in [-0.39, 0.29) is 11.5 Å². The van der Waals surface area contributed by atoms with Crippen LogP contribution in [0.1, 0.15) is 39.5 Å². The Morgan fingerprint density at radius 3 is 2.77 bits per heavy atom. The van der Waals surface area contributed by atoms with E-state index in [2.05, 4.69) is 6.92 Å². The van der Waals surface area contributed by atoms with Gasteiger partial charge in [-0.05, 0) is 26.7 Å². The fourth-order valence-electron chi connectivity index (χ4n) is 1.76. The van der Waals surface area contributed by atoms with Gasteiger partial charge in [-0.25, -0.2) is 0 Å². The average Bonchev–Trinajstić information content (AvgIpc) is 2.09. The molecule has 1 fully saturated rings. The Morgan fingerprint density at radius 1 is 1.46 bits per heavy atom. The minimum absolute atomic E-state index is 0.110. The Morgan fingerprint density at radius 2 is 2.15 bits per heavy atom. The van der Waals surface area contributed by atoms with E-state index in [4.69, 9.17) is 4.74 Å². The molecule has 1 saturated carbocycles. The Labute approximate surface area is 85.0 Å². The molecule has 1 aliphatic rings. The lowest BCUT2D eigenvalue weighted by atomic mass is 9.97. The maximum absolute atomic E-state index is 9.71. The average molecular weight is 204 g/mol. The Hall–Kier alpha value is 0.270. The largest absolute Gasteiger partial charge is 0.392 e. The molecule has 0 radical (unpaired) electrons. The first-order valence-corrected chi connectivity index (χ1v) is 6.13. The normalized spacial score (nSPS) is 31.6. The van der Waals surface area contributed by atoms with Gasteiger partial charge in [0, 0.05) is 11.9 Å². The third-order valence-electron chi connectivity index (χ3n) is 2.44. The van der Waals surface area contributed by atoms with Gasteiger partial charge in [0.25, 0.3) is 0 Å². The number of aliphatic hydroxyl groups is 1. The number of ether oxygens (including phenoxy) is 1. The molecule has 0 aromatic rings. The van der Waals surface area contributed by atoms with E-state index in [9.17, 15) is 5.11 Å². The summed E-state index contributed by atoms with van der Waals surface area (Å²) in [4.78, 5) is 0. The maximum Gasteiger partial charge on any atom is 0.100 e. The van der Waals surface area contributed by atoms with Crippen molar-refractivity contribution in [1.29, 1.82) is 0 Å². The van der Waals surface area contributed by atoms with Crippen molar-refractivity contribution in [3.63, 3.8) is 0 Å². The van der Waals surface area contributed by atoms with E-state index in [1.807, 2.05) is 6.92 Å². The molecule has 0 aliphatic heterocycles. The third-order valence-corrected chi connectivity index (χ3v) is 3.85. The highest BCUT2D eigenvalue weighted by Crippen LogP contribution is 2.31. The molecular formula is C10H20O2S. The lowest BCUT2D eigenvalue weighted by molar-refractivity contribution is 0.122. The minimum Gasteiger partial charge on any atom is -0.392 e. The van der Waals surface area contributed by atoms with Crippen LogP contribution in [-0.2, 0) is 4.74 Å². The molecule has 0 spiro atoms. The molecule has 3 atom stereocenters. The molecule has 2 nitrogen and oxygen atoms in total. The van der Waals surface area contributed by atoms with Gasteiger partial charge in [0.15, 0.2) is 0 Å². The monoisotopic (exact) mass is 204 g/mol. The molecule has 1 N–H and O–H groups in total. The fraction of sp³-hybridized carbons (Fsp3) is 1.00. The van der Waals surface area contributed by atoms with Crippen LogP contribution in [0.5, 0.6) is 0 Å². The smallest absolute Gasteiger partial charge is 0.100 e. The zero-order valence-corrected chi connectivity index (χ0v) is 9.35. The number of hydrogen-bond donors (Lipinski definition) is 1. The van der Waals surface area contributed by atoms with Crippen molar-refractivity contribution in [2.75, 3.05) is 6.61 Å². The van der Waals surface area contributed by atoms with E-state index in [0.717, 1.165) is 19.4 Å². The van der Waals surface area contributed by atoms with Gasteiger partial charge in [0.2, 0.25) is 0 Å². The zero-order chi connectivity index (χ0) is 9.68. The van der Waals surface area contributed by atoms with Crippen molar-refractivity contribution in [2.24, 2.45) is 0 Å². The summed E-state index contributed by atoms with van der Waals surface area (Å²) in [7, 11) is 0. The molecule has 0 aromatic carbocycles. The number of thioether (sulfide) groups is 1. The minimum atomic E-state index is -0.110. The van der Waals surface area contributed by atoms with Crippen molar-refractivity contribution in [1.82, 2.24) is 0 Å². The van der Waals surface area contributed by atoms with Gasteiger partial charge in [0.05, 0.1) is 6.10 Å². The molecule has 0 unspecified atom stereocenters. The van der Waals surface area contributed by atoms with Crippen LogP contribution in [0.4, 0.5) is 0 Å². The van der Waals surface area contributed by atoms with Crippen LogP contribution in [0.15, 0.2) is 0 Å². The molecule has 3 heteroatoms. The highest BCUT2D eigenvalue weighted by atomic mass is 32.2. The summed E-state index contributed by atoms with van der Waals surface area (Å²) in [5.41, 5.74) is 0.225. The molecule has 0 aromatic heterocycles. The van der Waals surface area contributed by atoms with Crippen molar-refractivity contribution < 1.29 is 9.84 Å². The first-order chi connectivity index (χ1) is 6.24. The van der Waals surface area contributed by atoms with Crippen LogP contribution < -0.4 is 0 Å². The second-order valence-electron chi connectivity index (χ2n) is 3.55. The van der Waals surface area contributed by atoms with E-state index in [1.165, 1.54) is 12.8 Å². The molecule has 0 heterocycles. The molecule has 1 rings (SSSR count). The summed E-state index contributed by atoms with van der Waals surface area (Å²) in [5, 5.41) is 10.1. The quantitative estimate of drug-likeness (QED) is 0.713. The molecule has 0 amide bonds. The predicted octanol–water partition coefficient (Wildman–Crippen LogP) is 2.41. The SMILES string of the molecule is CCO[C@H](C)S[C@@H]1CCCC[C@@H]1O. The standard InChI is InChI=1S/C10H20O2S/c1-3-12-8(2)13-10-7-5-4-6-9(10)11/h8-11H,3-7H2,1-2H3/t8-,9-,10+/m0/s1. The van der Waals surface area contributed by atoms with Gasteiger partial charge in [-0.1, -0.05) is 12.8 Å². The van der Waals surface area contributed by atoms with Crippen LogP contribution >= 0.6 is 11.8 Å². The van der Waals surface area contributed by atoms with Crippen LogP contribution in [0.25, 0.3) is 0 Å². The lowest BCUT2D eigenvalue weighted by Gasteiger charge is -2.28. The lowest BCUT2D eigenvalue weighted by Crippen LogP contribution is -2.28. The summed E-state index contributed by atoms with van der Waals surface area (Å²) >= 11 is 1.78. The van der Waals surface area contributed by atoms with Crippen molar-refractivity contribution in [3.8, 4) is 0 Å². The van der Waals surface area contributed by atoms with E-state index < -0.39 is 0 Å². The Kier molecular flexibility index (Phi) is 5.14. The molecular weight excluding hydrogens is 184 g/mol. The molecule has 1 aliphatic carbocycles. The van der Waals surface area contributed by atoms with E-state index in [0.29, 0.717) is 5.25 Å². The first kappa shape index (κ1) is 11.3. The summed E-state index contributed by atoms with van der Waals surface area (Å²) in [6.07, 6.45) is 4.44. The van der Waals surface area contributed by atoms with Gasteiger partial charge in [-0.15, -0.1) is 11.8 Å². The zero-order valence-electron chi connectivity index (χ0n) is 8.53. The second kappa shape index (κ2) is 5.89. The van der Waals surface area contributed by atoms with Crippen LogP contribution in [0.2, 0.25) is 0 Å². The first-order valence-electron chi connectivity index (χ1n) is 5.19. The van der Waals surface area contributed by atoms with Gasteiger partial charge >= 0.3 is 0 Å². The van der Waals surface area contributed by atoms with Gasteiger partial charge < -0.3 is 9.84 Å². The number of hydrogen-bond acceptors (Lipinski definition) is 3. The summed E-state index contributed by atoms with van der Waals surface area (Å²) in [6, 6.07) is 0. The van der Waals surface area contributed by atoms with Crippen molar-refractivity contribution in [3.05, 3.63) is 0 Å². The number of aliphatic hydroxyl groups excluding tert-OH is 1. The van der Waals surface area contributed by atoms with Gasteiger partial charge in [-0.3, -0.25) is 0 Å². The fourth-order valence-corrected chi connectivity index (χ4v) is 3.08. The van der Waals surface area contributed by atoms with Crippen molar-refractivity contribution >= 4 is 11.8 Å². The Balaban J connectivity index is 2.25. The summed E-state index contributed by atoms with van der Waals surface area (Å²) in [5.74, 6) is 0. The molecule has 0 saturated heterocycles. The van der Waals surface area contributed by atoms with Crippen molar-refractivity contribution in [2.45, 2.75) is 56.3 Å². The third kappa shape index (κ3) is 3.88. The highest BCUT2D eigenvalue weighted by Gasteiger charge is 2.25. The van der Waals surface area contributed by atoms with E-state index >= 15 is 0 Å². The predicted molar refractivity (Wildman–Crippen MR) is 56.9 cm³/mol. The second-order valence-corrected chi connectivity index (χ2v) is 5.09. The van der Waals surface area contributed by atoms with Crippen LogP contribution in [-0.4, -0.2) is 28.5 Å². The molecule has 0 bridgehead atoms. The van der Waals surface area contributed by atoms with Gasteiger partial charge in [0.1, 0.15) is 5.44 Å². The number of rotatable bonds is 4. The van der Waals surface area contributed by atoms with Gasteiger partial charge in [-0.2, -0.15) is 0 Å². The maximum atomic E-state index is 9.71. The summed E-state index contributed by atoms with van der Waals surface area (Å²) in [6.45, 7) is 4.83. The van der Waals surface area contributed by atoms with Crippen LogP contribution in [0.3, 0.4) is 0 Å². The Bertz CT molecular complexity index is 141. The molecule has 78 valence electrons.